The Kier molecular flexibility index (Phi) is 5.47. The molecule has 1 fully saturated rings. The third kappa shape index (κ3) is 3.58. The van der Waals surface area contributed by atoms with Crippen molar-refractivity contribution in [1.82, 2.24) is 19.5 Å². The van der Waals surface area contributed by atoms with Gasteiger partial charge in [0.25, 0.3) is 0 Å². The first-order valence-electron chi connectivity index (χ1n) is 8.74. The van der Waals surface area contributed by atoms with Crippen molar-refractivity contribution in [2.45, 2.75) is 38.6 Å². The third-order valence-corrected chi connectivity index (χ3v) is 4.93. The quantitative estimate of drug-likeness (QED) is 0.603. The van der Waals surface area contributed by atoms with Gasteiger partial charge in [-0.25, -0.2) is 15.0 Å². The molecule has 0 saturated heterocycles. The van der Waals surface area contributed by atoms with Crippen molar-refractivity contribution >= 4 is 23.0 Å². The number of hydrogen-bond donors (Lipinski definition) is 1. The van der Waals surface area contributed by atoms with Gasteiger partial charge >= 0.3 is 5.97 Å². The summed E-state index contributed by atoms with van der Waals surface area (Å²) in [6.07, 6.45) is 6.80. The molecular weight excluding hydrogens is 322 g/mol. The number of carbonyl (C=O) groups is 1. The van der Waals surface area contributed by atoms with Crippen molar-refractivity contribution in [1.29, 1.82) is 0 Å². The van der Waals surface area contributed by atoms with Crippen molar-refractivity contribution in [3.8, 4) is 0 Å². The van der Waals surface area contributed by atoms with E-state index in [4.69, 9.17) is 15.2 Å². The third-order valence-electron chi connectivity index (χ3n) is 4.93. The van der Waals surface area contributed by atoms with Gasteiger partial charge in [0.1, 0.15) is 11.8 Å². The number of ether oxygens (including phenoxy) is 2. The molecular formula is C17H25N5O3. The van der Waals surface area contributed by atoms with Crippen molar-refractivity contribution in [3.63, 3.8) is 0 Å². The number of fused-ring (bicyclic) bond motifs is 1. The van der Waals surface area contributed by atoms with Gasteiger partial charge in [-0.1, -0.05) is 13.3 Å². The summed E-state index contributed by atoms with van der Waals surface area (Å²) in [5, 5.41) is 0. The number of nitrogen functional groups attached to an aromatic ring is 1. The van der Waals surface area contributed by atoms with Gasteiger partial charge in [-0.2, -0.15) is 0 Å². The number of carbonyl (C=O) groups excluding carboxylic acids is 1. The highest BCUT2D eigenvalue weighted by atomic mass is 16.5. The van der Waals surface area contributed by atoms with Gasteiger partial charge in [0.05, 0.1) is 26.0 Å². The Morgan fingerprint density at radius 2 is 2.20 bits per heavy atom. The van der Waals surface area contributed by atoms with Crippen LogP contribution in [0.25, 0.3) is 11.2 Å². The number of unbranched alkanes of at least 4 members (excludes halogenated alkanes) is 1. The fourth-order valence-corrected chi connectivity index (χ4v) is 3.57. The number of aromatic nitrogens is 4. The molecule has 3 atom stereocenters. The fourth-order valence-electron chi connectivity index (χ4n) is 3.57. The van der Waals surface area contributed by atoms with E-state index in [1.807, 2.05) is 4.57 Å². The molecule has 3 rings (SSSR count). The maximum absolute atomic E-state index is 12.2. The first-order chi connectivity index (χ1) is 12.2. The summed E-state index contributed by atoms with van der Waals surface area (Å²) in [6.45, 7) is 3.42. The lowest BCUT2D eigenvalue weighted by Gasteiger charge is -2.16. The van der Waals surface area contributed by atoms with E-state index < -0.39 is 0 Å². The molecule has 0 spiro atoms. The Morgan fingerprint density at radius 3 is 2.96 bits per heavy atom. The van der Waals surface area contributed by atoms with Gasteiger partial charge in [-0.15, -0.1) is 0 Å². The minimum Gasteiger partial charge on any atom is -0.469 e. The van der Waals surface area contributed by atoms with Crippen LogP contribution in [0.15, 0.2) is 12.7 Å². The molecule has 0 radical (unpaired) electrons. The smallest absolute Gasteiger partial charge is 0.309 e. The van der Waals surface area contributed by atoms with Gasteiger partial charge < -0.3 is 19.8 Å². The molecule has 0 aliphatic heterocycles. The van der Waals surface area contributed by atoms with E-state index in [0.717, 1.165) is 25.9 Å². The lowest BCUT2D eigenvalue weighted by Crippen LogP contribution is -2.24. The molecule has 2 heterocycles. The summed E-state index contributed by atoms with van der Waals surface area (Å²) >= 11 is 0. The second-order valence-corrected chi connectivity index (χ2v) is 6.53. The highest BCUT2D eigenvalue weighted by Gasteiger charge is 2.40. The number of nitrogens with zero attached hydrogens (tertiary/aromatic N) is 4. The normalized spacial score (nSPS) is 23.2. The second kappa shape index (κ2) is 7.77. The Bertz CT molecular complexity index is 732. The summed E-state index contributed by atoms with van der Waals surface area (Å²) in [7, 11) is 1.44. The van der Waals surface area contributed by atoms with Gasteiger partial charge in [0.2, 0.25) is 0 Å². The molecule has 8 heteroatoms. The zero-order valence-corrected chi connectivity index (χ0v) is 14.7. The van der Waals surface area contributed by atoms with E-state index in [1.54, 1.807) is 6.33 Å². The van der Waals surface area contributed by atoms with Crippen molar-refractivity contribution in [2.24, 2.45) is 11.8 Å². The Balaban J connectivity index is 1.78. The SMILES string of the molecule is CCCCOC[C@H]1C[C@@H](n2cnc3c(N)ncnc32)C[C@@H]1C(=O)OC. The van der Waals surface area contributed by atoms with Crippen LogP contribution in [-0.4, -0.2) is 45.8 Å². The molecule has 1 aliphatic rings. The number of nitrogens with two attached hydrogens (primary N) is 1. The van der Waals surface area contributed by atoms with E-state index in [9.17, 15) is 4.79 Å². The van der Waals surface area contributed by atoms with Crippen LogP contribution in [0, 0.1) is 11.8 Å². The number of esters is 1. The van der Waals surface area contributed by atoms with E-state index >= 15 is 0 Å². The molecule has 1 aliphatic carbocycles. The topological polar surface area (TPSA) is 105 Å². The summed E-state index contributed by atoms with van der Waals surface area (Å²) in [5.74, 6) is 0.148. The maximum Gasteiger partial charge on any atom is 0.309 e. The summed E-state index contributed by atoms with van der Waals surface area (Å²) < 4.78 is 12.8. The Hall–Kier alpha value is -2.22. The molecule has 136 valence electrons. The highest BCUT2D eigenvalue weighted by Crippen LogP contribution is 2.41. The summed E-state index contributed by atoms with van der Waals surface area (Å²) in [4.78, 5) is 24.8. The fraction of sp³-hybridized carbons (Fsp3) is 0.647. The highest BCUT2D eigenvalue weighted by molar-refractivity contribution is 5.81. The lowest BCUT2D eigenvalue weighted by atomic mass is 9.97. The minimum atomic E-state index is -0.176. The molecule has 0 unspecified atom stereocenters. The van der Waals surface area contributed by atoms with Crippen molar-refractivity contribution in [3.05, 3.63) is 12.7 Å². The van der Waals surface area contributed by atoms with Gasteiger partial charge in [0, 0.05) is 12.6 Å². The Morgan fingerprint density at radius 1 is 1.36 bits per heavy atom. The van der Waals surface area contributed by atoms with E-state index in [0.29, 0.717) is 30.0 Å². The molecule has 2 aromatic heterocycles. The van der Waals surface area contributed by atoms with Crippen molar-refractivity contribution in [2.75, 3.05) is 26.1 Å². The molecule has 2 N–H and O–H groups in total. The van der Waals surface area contributed by atoms with Gasteiger partial charge in [-0.3, -0.25) is 4.79 Å². The average molecular weight is 347 g/mol. The maximum atomic E-state index is 12.2. The molecule has 2 aromatic rings. The molecule has 0 amide bonds. The summed E-state index contributed by atoms with van der Waals surface area (Å²) in [5.41, 5.74) is 7.17. The monoisotopic (exact) mass is 347 g/mol. The van der Waals surface area contributed by atoms with Gasteiger partial charge in [0.15, 0.2) is 11.5 Å². The van der Waals surface area contributed by atoms with Crippen LogP contribution < -0.4 is 5.73 Å². The Labute approximate surface area is 146 Å². The van der Waals surface area contributed by atoms with Crippen LogP contribution in [-0.2, 0) is 14.3 Å². The summed E-state index contributed by atoms with van der Waals surface area (Å²) in [6, 6.07) is 0.114. The molecule has 25 heavy (non-hydrogen) atoms. The number of hydrogen-bond acceptors (Lipinski definition) is 7. The van der Waals surface area contributed by atoms with Crippen LogP contribution in [0.4, 0.5) is 5.82 Å². The molecule has 1 saturated carbocycles. The van der Waals surface area contributed by atoms with Crippen LogP contribution >= 0.6 is 0 Å². The van der Waals surface area contributed by atoms with Crippen LogP contribution in [0.2, 0.25) is 0 Å². The standard InChI is InChI=1S/C17H25N5O3/c1-3-4-5-25-8-11-6-12(7-13(11)17(23)24-2)22-10-21-14-15(18)19-9-20-16(14)22/h9-13H,3-8H2,1-2H3,(H2,18,19,20)/t11-,12-,13+/m1/s1. The molecule has 8 nitrogen and oxygen atoms in total. The zero-order chi connectivity index (χ0) is 17.8. The van der Waals surface area contributed by atoms with E-state index in [-0.39, 0.29) is 23.8 Å². The van der Waals surface area contributed by atoms with Gasteiger partial charge in [-0.05, 0) is 25.2 Å². The van der Waals surface area contributed by atoms with Crippen LogP contribution in [0.3, 0.4) is 0 Å². The number of anilines is 1. The zero-order valence-electron chi connectivity index (χ0n) is 14.7. The number of methoxy groups -OCH3 is 1. The first-order valence-corrected chi connectivity index (χ1v) is 8.74. The average Bonchev–Trinajstić information content (AvgIpc) is 3.23. The predicted molar refractivity (Wildman–Crippen MR) is 92.7 cm³/mol. The lowest BCUT2D eigenvalue weighted by molar-refractivity contribution is -0.147. The van der Waals surface area contributed by atoms with Crippen molar-refractivity contribution < 1.29 is 14.3 Å². The predicted octanol–water partition coefficient (Wildman–Crippen LogP) is 1.97. The van der Waals surface area contributed by atoms with Crippen LogP contribution in [0.5, 0.6) is 0 Å². The van der Waals surface area contributed by atoms with E-state index in [1.165, 1.54) is 13.4 Å². The van der Waals surface area contributed by atoms with E-state index in [2.05, 4.69) is 21.9 Å². The largest absolute Gasteiger partial charge is 0.469 e. The minimum absolute atomic E-state index is 0.114. The van der Waals surface area contributed by atoms with Crippen LogP contribution in [0.1, 0.15) is 38.6 Å². The number of imidazole rings is 1. The molecule has 0 aromatic carbocycles. The second-order valence-electron chi connectivity index (χ2n) is 6.53. The first kappa shape index (κ1) is 17.6. The molecule has 0 bridgehead atoms. The number of rotatable bonds is 7.